The van der Waals surface area contributed by atoms with E-state index in [-0.39, 0.29) is 0 Å². The summed E-state index contributed by atoms with van der Waals surface area (Å²) in [6, 6.07) is 0.629. The summed E-state index contributed by atoms with van der Waals surface area (Å²) in [5.41, 5.74) is 3.88. The standard InChI is InChI=1S/C12H21N3/c1-8-9(2)14-15(10(8)3)12-6-5-11(12)7-13-4/h11-13H,5-7H2,1-4H3. The molecular formula is C12H21N3. The Balaban J connectivity index is 2.19. The van der Waals surface area contributed by atoms with E-state index in [4.69, 9.17) is 0 Å². The zero-order chi connectivity index (χ0) is 11.0. The second-order valence-corrected chi connectivity index (χ2v) is 4.70. The van der Waals surface area contributed by atoms with Gasteiger partial charge in [-0.05, 0) is 58.7 Å². The van der Waals surface area contributed by atoms with E-state index in [0.717, 1.165) is 12.5 Å². The molecule has 1 fully saturated rings. The molecule has 1 aromatic heterocycles. The number of nitrogens with zero attached hydrogens (tertiary/aromatic N) is 2. The Bertz CT molecular complexity index is 354. The first-order valence-electron chi connectivity index (χ1n) is 5.82. The van der Waals surface area contributed by atoms with Crippen molar-refractivity contribution < 1.29 is 0 Å². The lowest BCUT2D eigenvalue weighted by Crippen LogP contribution is -2.36. The Hall–Kier alpha value is -0.830. The van der Waals surface area contributed by atoms with Gasteiger partial charge in [-0.2, -0.15) is 5.10 Å². The summed E-state index contributed by atoms with van der Waals surface area (Å²) in [6.07, 6.45) is 2.62. The molecule has 0 aliphatic heterocycles. The Morgan fingerprint density at radius 3 is 2.47 bits per heavy atom. The van der Waals surface area contributed by atoms with Crippen LogP contribution >= 0.6 is 0 Å². The van der Waals surface area contributed by atoms with Crippen molar-refractivity contribution in [2.45, 2.75) is 39.7 Å². The van der Waals surface area contributed by atoms with Crippen LogP contribution in [0.1, 0.15) is 35.8 Å². The van der Waals surface area contributed by atoms with Crippen molar-refractivity contribution in [1.82, 2.24) is 15.1 Å². The normalized spacial score (nSPS) is 25.3. The lowest BCUT2D eigenvalue weighted by molar-refractivity contribution is 0.163. The van der Waals surface area contributed by atoms with Crippen LogP contribution in [-0.2, 0) is 0 Å². The van der Waals surface area contributed by atoms with Gasteiger partial charge in [0.25, 0.3) is 0 Å². The first-order chi connectivity index (χ1) is 7.15. The maximum atomic E-state index is 4.65. The minimum absolute atomic E-state index is 0.629. The summed E-state index contributed by atoms with van der Waals surface area (Å²) in [7, 11) is 2.03. The van der Waals surface area contributed by atoms with Crippen molar-refractivity contribution in [1.29, 1.82) is 0 Å². The van der Waals surface area contributed by atoms with Gasteiger partial charge in [-0.25, -0.2) is 0 Å². The number of rotatable bonds is 3. The van der Waals surface area contributed by atoms with Crippen LogP contribution in [0.25, 0.3) is 0 Å². The van der Waals surface area contributed by atoms with Gasteiger partial charge in [0.1, 0.15) is 0 Å². The third kappa shape index (κ3) is 1.69. The maximum absolute atomic E-state index is 4.65. The summed E-state index contributed by atoms with van der Waals surface area (Å²) >= 11 is 0. The van der Waals surface area contributed by atoms with E-state index in [2.05, 4.69) is 35.9 Å². The molecule has 0 amide bonds. The van der Waals surface area contributed by atoms with Gasteiger partial charge in [-0.3, -0.25) is 4.68 Å². The molecule has 84 valence electrons. The van der Waals surface area contributed by atoms with Crippen molar-refractivity contribution in [2.24, 2.45) is 5.92 Å². The van der Waals surface area contributed by atoms with Gasteiger partial charge in [0.2, 0.25) is 0 Å². The number of hydrogen-bond donors (Lipinski definition) is 1. The highest BCUT2D eigenvalue weighted by molar-refractivity contribution is 5.23. The number of nitrogens with one attached hydrogen (secondary N) is 1. The molecule has 0 bridgehead atoms. The van der Waals surface area contributed by atoms with Gasteiger partial charge in [0.05, 0.1) is 11.7 Å². The highest BCUT2D eigenvalue weighted by atomic mass is 15.3. The molecule has 0 aromatic carbocycles. The highest BCUT2D eigenvalue weighted by Gasteiger charge is 2.33. The van der Waals surface area contributed by atoms with Crippen LogP contribution < -0.4 is 5.32 Å². The van der Waals surface area contributed by atoms with Gasteiger partial charge in [-0.1, -0.05) is 0 Å². The molecule has 1 heterocycles. The van der Waals surface area contributed by atoms with Crippen LogP contribution in [-0.4, -0.2) is 23.4 Å². The van der Waals surface area contributed by atoms with Crippen molar-refractivity contribution >= 4 is 0 Å². The molecule has 1 aliphatic rings. The smallest absolute Gasteiger partial charge is 0.0625 e. The monoisotopic (exact) mass is 207 g/mol. The lowest BCUT2D eigenvalue weighted by Gasteiger charge is -2.37. The van der Waals surface area contributed by atoms with Gasteiger partial charge in [-0.15, -0.1) is 0 Å². The molecule has 2 rings (SSSR count). The lowest BCUT2D eigenvalue weighted by atomic mass is 9.79. The second kappa shape index (κ2) is 3.97. The molecule has 1 aromatic rings. The number of aromatic nitrogens is 2. The zero-order valence-electron chi connectivity index (χ0n) is 10.2. The molecule has 3 nitrogen and oxygen atoms in total. The molecule has 2 atom stereocenters. The molecule has 15 heavy (non-hydrogen) atoms. The second-order valence-electron chi connectivity index (χ2n) is 4.70. The number of aryl methyl sites for hydroxylation is 1. The fraction of sp³-hybridized carbons (Fsp3) is 0.750. The molecule has 0 radical (unpaired) electrons. The van der Waals surface area contributed by atoms with Gasteiger partial charge in [0.15, 0.2) is 0 Å². The van der Waals surface area contributed by atoms with E-state index in [1.807, 2.05) is 7.05 Å². The van der Waals surface area contributed by atoms with Crippen molar-refractivity contribution in [3.63, 3.8) is 0 Å². The van der Waals surface area contributed by atoms with Gasteiger partial charge >= 0.3 is 0 Å². The summed E-state index contributed by atoms with van der Waals surface area (Å²) in [6.45, 7) is 7.57. The molecule has 1 N–H and O–H groups in total. The van der Waals surface area contributed by atoms with Crippen LogP contribution in [0.2, 0.25) is 0 Å². The predicted molar refractivity (Wildman–Crippen MR) is 62.1 cm³/mol. The van der Waals surface area contributed by atoms with Crippen LogP contribution in [0.4, 0.5) is 0 Å². The van der Waals surface area contributed by atoms with Gasteiger partial charge in [0, 0.05) is 5.69 Å². The minimum atomic E-state index is 0.629. The average molecular weight is 207 g/mol. The van der Waals surface area contributed by atoms with Crippen LogP contribution in [0, 0.1) is 26.7 Å². The molecule has 3 heteroatoms. The Morgan fingerprint density at radius 2 is 2.07 bits per heavy atom. The third-order valence-electron chi connectivity index (χ3n) is 3.84. The van der Waals surface area contributed by atoms with E-state index in [9.17, 15) is 0 Å². The fourth-order valence-electron chi connectivity index (χ4n) is 2.44. The Kier molecular flexibility index (Phi) is 2.83. The molecule has 0 saturated heterocycles. The molecule has 2 unspecified atom stereocenters. The average Bonchev–Trinajstić information content (AvgIpc) is 2.42. The highest BCUT2D eigenvalue weighted by Crippen LogP contribution is 2.38. The minimum Gasteiger partial charge on any atom is -0.319 e. The van der Waals surface area contributed by atoms with Crippen LogP contribution in [0.5, 0.6) is 0 Å². The summed E-state index contributed by atoms with van der Waals surface area (Å²) in [5.74, 6) is 0.771. The van der Waals surface area contributed by atoms with E-state index in [1.165, 1.54) is 29.8 Å². The quantitative estimate of drug-likeness (QED) is 0.821. The maximum Gasteiger partial charge on any atom is 0.0625 e. The summed E-state index contributed by atoms with van der Waals surface area (Å²) in [5, 5.41) is 7.92. The fourth-order valence-corrected chi connectivity index (χ4v) is 2.44. The van der Waals surface area contributed by atoms with Crippen LogP contribution in [0.15, 0.2) is 0 Å². The first kappa shape index (κ1) is 10.7. The topological polar surface area (TPSA) is 29.9 Å². The van der Waals surface area contributed by atoms with Crippen molar-refractivity contribution in [3.05, 3.63) is 17.0 Å². The first-order valence-corrected chi connectivity index (χ1v) is 5.82. The third-order valence-corrected chi connectivity index (χ3v) is 3.84. The largest absolute Gasteiger partial charge is 0.319 e. The van der Waals surface area contributed by atoms with Gasteiger partial charge < -0.3 is 5.32 Å². The van der Waals surface area contributed by atoms with Crippen molar-refractivity contribution in [3.8, 4) is 0 Å². The van der Waals surface area contributed by atoms with E-state index in [0.29, 0.717) is 6.04 Å². The predicted octanol–water partition coefficient (Wildman–Crippen LogP) is 1.98. The van der Waals surface area contributed by atoms with E-state index in [1.54, 1.807) is 0 Å². The van der Waals surface area contributed by atoms with E-state index < -0.39 is 0 Å². The zero-order valence-corrected chi connectivity index (χ0v) is 10.2. The Morgan fingerprint density at radius 1 is 1.33 bits per heavy atom. The molecule has 0 spiro atoms. The Labute approximate surface area is 91.9 Å². The summed E-state index contributed by atoms with van der Waals surface area (Å²) < 4.78 is 2.25. The van der Waals surface area contributed by atoms with Crippen molar-refractivity contribution in [2.75, 3.05) is 13.6 Å². The SMILES string of the molecule is CNCC1CCC1n1nc(C)c(C)c1C. The van der Waals surface area contributed by atoms with E-state index >= 15 is 0 Å². The molecule has 1 aliphatic carbocycles. The summed E-state index contributed by atoms with van der Waals surface area (Å²) in [4.78, 5) is 0. The molecule has 1 saturated carbocycles. The number of hydrogen-bond acceptors (Lipinski definition) is 2. The van der Waals surface area contributed by atoms with Crippen LogP contribution in [0.3, 0.4) is 0 Å². The molecular weight excluding hydrogens is 186 g/mol.